The summed E-state index contributed by atoms with van der Waals surface area (Å²) >= 11 is 1.67. The normalized spacial score (nSPS) is 11.1. The van der Waals surface area contributed by atoms with Gasteiger partial charge in [-0.05, 0) is 45.0 Å². The van der Waals surface area contributed by atoms with Gasteiger partial charge in [-0.1, -0.05) is 0 Å². The number of aryl methyl sites for hydroxylation is 2. The molecule has 0 aliphatic heterocycles. The lowest BCUT2D eigenvalue weighted by Crippen LogP contribution is -2.38. The van der Waals surface area contributed by atoms with Gasteiger partial charge in [0.25, 0.3) is 0 Å². The molecule has 0 amide bonds. The molecule has 0 aliphatic rings. The lowest BCUT2D eigenvalue weighted by atomic mass is 10.4. The van der Waals surface area contributed by atoms with Gasteiger partial charge in [0.1, 0.15) is 18.1 Å². The highest BCUT2D eigenvalue weighted by Gasteiger charge is 2.05. The van der Waals surface area contributed by atoms with Crippen LogP contribution >= 0.6 is 35.7 Å². The lowest BCUT2D eigenvalue weighted by Gasteiger charge is -2.10. The maximum absolute atomic E-state index is 12.9. The first kappa shape index (κ1) is 21.8. The minimum atomic E-state index is -0.212. The second-order valence-electron chi connectivity index (χ2n) is 5.17. The van der Waals surface area contributed by atoms with Crippen LogP contribution in [0.4, 0.5) is 4.39 Å². The zero-order valence-corrected chi connectivity index (χ0v) is 17.8. The third-order valence-electron chi connectivity index (χ3n) is 3.27. The SMILES string of the molecule is CCNC(=NCc1nc(C)c(C)o1)NCCSc1ccc(F)cc1.I. The molecule has 0 radical (unpaired) electrons. The number of halogens is 2. The monoisotopic (exact) mass is 478 g/mol. The van der Waals surface area contributed by atoms with Gasteiger partial charge in [0.2, 0.25) is 5.89 Å². The largest absolute Gasteiger partial charge is 0.444 e. The summed E-state index contributed by atoms with van der Waals surface area (Å²) in [4.78, 5) is 9.84. The van der Waals surface area contributed by atoms with Crippen LogP contribution in [0.3, 0.4) is 0 Å². The van der Waals surface area contributed by atoms with E-state index in [0.717, 1.165) is 41.2 Å². The van der Waals surface area contributed by atoms with Gasteiger partial charge in [0.05, 0.1) is 5.69 Å². The molecule has 8 heteroatoms. The number of hydrogen-bond donors (Lipinski definition) is 2. The first-order valence-electron chi connectivity index (χ1n) is 7.92. The number of benzene rings is 1. The van der Waals surface area contributed by atoms with E-state index in [2.05, 4.69) is 20.6 Å². The van der Waals surface area contributed by atoms with Crippen molar-refractivity contribution in [1.82, 2.24) is 15.6 Å². The van der Waals surface area contributed by atoms with Crippen LogP contribution in [0.1, 0.15) is 24.3 Å². The third kappa shape index (κ3) is 7.64. The third-order valence-corrected chi connectivity index (χ3v) is 4.28. The highest BCUT2D eigenvalue weighted by atomic mass is 127. The van der Waals surface area contributed by atoms with E-state index in [1.165, 1.54) is 12.1 Å². The summed E-state index contributed by atoms with van der Waals surface area (Å²) in [6, 6.07) is 6.52. The van der Waals surface area contributed by atoms with Gasteiger partial charge >= 0.3 is 0 Å². The van der Waals surface area contributed by atoms with Crippen molar-refractivity contribution >= 4 is 41.7 Å². The van der Waals surface area contributed by atoms with Crippen LogP contribution in [0.15, 0.2) is 38.6 Å². The number of nitrogens with one attached hydrogen (secondary N) is 2. The lowest BCUT2D eigenvalue weighted by molar-refractivity contribution is 0.473. The van der Waals surface area contributed by atoms with E-state index in [1.807, 2.05) is 20.8 Å². The number of hydrogen-bond acceptors (Lipinski definition) is 4. The Morgan fingerprint density at radius 2 is 1.96 bits per heavy atom. The first-order valence-corrected chi connectivity index (χ1v) is 8.90. The van der Waals surface area contributed by atoms with Crippen LogP contribution in [0.25, 0.3) is 0 Å². The summed E-state index contributed by atoms with van der Waals surface area (Å²) in [7, 11) is 0. The summed E-state index contributed by atoms with van der Waals surface area (Å²) in [6.45, 7) is 7.75. The quantitative estimate of drug-likeness (QED) is 0.208. The molecule has 5 nitrogen and oxygen atoms in total. The fourth-order valence-corrected chi connectivity index (χ4v) is 2.73. The molecule has 0 bridgehead atoms. The minimum Gasteiger partial charge on any atom is -0.444 e. The molecule has 1 heterocycles. The van der Waals surface area contributed by atoms with Crippen molar-refractivity contribution < 1.29 is 8.81 Å². The van der Waals surface area contributed by atoms with Crippen molar-refractivity contribution in [3.8, 4) is 0 Å². The number of aliphatic imine (C=N–C) groups is 1. The van der Waals surface area contributed by atoms with Crippen molar-refractivity contribution in [2.24, 2.45) is 4.99 Å². The molecule has 2 rings (SSSR count). The molecule has 0 aliphatic carbocycles. The molecule has 0 atom stereocenters. The summed E-state index contributed by atoms with van der Waals surface area (Å²) < 4.78 is 18.4. The Hall–Kier alpha value is -1.29. The second kappa shape index (κ2) is 11.3. The van der Waals surface area contributed by atoms with Gasteiger partial charge in [0.15, 0.2) is 5.96 Å². The van der Waals surface area contributed by atoms with E-state index < -0.39 is 0 Å². The number of nitrogens with zero attached hydrogens (tertiary/aromatic N) is 2. The Balaban J connectivity index is 0.00000312. The van der Waals surface area contributed by atoms with E-state index in [1.54, 1.807) is 23.9 Å². The van der Waals surface area contributed by atoms with Crippen molar-refractivity contribution in [3.63, 3.8) is 0 Å². The van der Waals surface area contributed by atoms with Gasteiger partial charge in [-0.2, -0.15) is 0 Å². The van der Waals surface area contributed by atoms with E-state index in [4.69, 9.17) is 4.42 Å². The van der Waals surface area contributed by atoms with Crippen molar-refractivity contribution in [2.75, 3.05) is 18.8 Å². The highest BCUT2D eigenvalue weighted by Crippen LogP contribution is 2.17. The molecule has 2 N–H and O–H groups in total. The summed E-state index contributed by atoms with van der Waals surface area (Å²) in [5.41, 5.74) is 0.897. The molecular formula is C17H24FIN4OS. The van der Waals surface area contributed by atoms with Crippen LogP contribution in [0.2, 0.25) is 0 Å². The molecule has 2 aromatic rings. The number of oxazole rings is 1. The highest BCUT2D eigenvalue weighted by molar-refractivity contribution is 14.0. The molecule has 0 unspecified atom stereocenters. The summed E-state index contributed by atoms with van der Waals surface area (Å²) in [5, 5.41) is 6.46. The Labute approximate surface area is 169 Å². The Morgan fingerprint density at radius 3 is 2.56 bits per heavy atom. The van der Waals surface area contributed by atoms with Gasteiger partial charge < -0.3 is 15.1 Å². The van der Waals surface area contributed by atoms with Gasteiger partial charge in [-0.25, -0.2) is 14.4 Å². The van der Waals surface area contributed by atoms with E-state index >= 15 is 0 Å². The fourth-order valence-electron chi connectivity index (χ4n) is 1.96. The van der Waals surface area contributed by atoms with Gasteiger partial charge in [-0.15, -0.1) is 35.7 Å². The number of rotatable bonds is 7. The van der Waals surface area contributed by atoms with Gasteiger partial charge in [-0.3, -0.25) is 0 Å². The Kier molecular flexibility index (Phi) is 9.88. The zero-order valence-electron chi connectivity index (χ0n) is 14.6. The molecule has 1 aromatic carbocycles. The van der Waals surface area contributed by atoms with E-state index in [0.29, 0.717) is 12.4 Å². The fraction of sp³-hybridized carbons (Fsp3) is 0.412. The summed E-state index contributed by atoms with van der Waals surface area (Å²) in [5.74, 6) is 2.81. The molecule has 0 saturated heterocycles. The van der Waals surface area contributed by atoms with Crippen molar-refractivity contribution in [1.29, 1.82) is 0 Å². The molecule has 1 aromatic heterocycles. The Bertz CT molecular complexity index is 656. The molecule has 138 valence electrons. The number of guanidine groups is 1. The topological polar surface area (TPSA) is 62.5 Å². The van der Waals surface area contributed by atoms with Crippen LogP contribution in [0, 0.1) is 19.7 Å². The van der Waals surface area contributed by atoms with Crippen LogP contribution in [-0.4, -0.2) is 29.8 Å². The van der Waals surface area contributed by atoms with Crippen molar-refractivity contribution in [3.05, 3.63) is 47.4 Å². The van der Waals surface area contributed by atoms with Crippen LogP contribution in [0.5, 0.6) is 0 Å². The Morgan fingerprint density at radius 1 is 1.24 bits per heavy atom. The smallest absolute Gasteiger partial charge is 0.216 e. The number of thioether (sulfide) groups is 1. The molecular weight excluding hydrogens is 454 g/mol. The average molecular weight is 478 g/mol. The van der Waals surface area contributed by atoms with Crippen LogP contribution < -0.4 is 10.6 Å². The van der Waals surface area contributed by atoms with Gasteiger partial charge in [0, 0.05) is 23.7 Å². The molecule has 0 fully saturated rings. The van der Waals surface area contributed by atoms with E-state index in [-0.39, 0.29) is 29.8 Å². The minimum absolute atomic E-state index is 0. The average Bonchev–Trinajstić information content (AvgIpc) is 2.89. The van der Waals surface area contributed by atoms with Crippen molar-refractivity contribution in [2.45, 2.75) is 32.2 Å². The molecule has 0 spiro atoms. The standard InChI is InChI=1S/C17H23FN4OS.HI/c1-4-19-17(21-11-16-22-12(2)13(3)23-16)20-9-10-24-15-7-5-14(18)6-8-15;/h5-8H,4,9-11H2,1-3H3,(H2,19,20,21);1H. The second-order valence-corrected chi connectivity index (χ2v) is 6.34. The van der Waals surface area contributed by atoms with Crippen LogP contribution in [-0.2, 0) is 6.54 Å². The number of aromatic nitrogens is 1. The molecule has 25 heavy (non-hydrogen) atoms. The van der Waals surface area contributed by atoms with E-state index in [9.17, 15) is 4.39 Å². The molecule has 0 saturated carbocycles. The predicted octanol–water partition coefficient (Wildman–Crippen LogP) is 3.90. The maximum atomic E-state index is 12.9. The zero-order chi connectivity index (χ0) is 17.4. The maximum Gasteiger partial charge on any atom is 0.216 e. The first-order chi connectivity index (χ1) is 11.6. The summed E-state index contributed by atoms with van der Waals surface area (Å²) in [6.07, 6.45) is 0. The predicted molar refractivity (Wildman–Crippen MR) is 111 cm³/mol.